The summed E-state index contributed by atoms with van der Waals surface area (Å²) < 4.78 is 5.24. The number of ketones is 1. The summed E-state index contributed by atoms with van der Waals surface area (Å²) in [4.78, 5) is 25.6. The summed E-state index contributed by atoms with van der Waals surface area (Å²) in [5, 5.41) is 0. The zero-order valence-corrected chi connectivity index (χ0v) is 10.7. The van der Waals surface area contributed by atoms with E-state index in [2.05, 4.69) is 0 Å². The number of primary amides is 1. The lowest BCUT2D eigenvalue weighted by molar-refractivity contribution is -0.124. The van der Waals surface area contributed by atoms with Gasteiger partial charge in [0.2, 0.25) is 5.91 Å². The van der Waals surface area contributed by atoms with Crippen LogP contribution < -0.4 is 5.73 Å². The molecule has 0 aliphatic carbocycles. The lowest BCUT2D eigenvalue weighted by Gasteiger charge is -2.32. The quantitative estimate of drug-likeness (QED) is 0.782. The van der Waals surface area contributed by atoms with Crippen LogP contribution in [-0.2, 0) is 9.53 Å². The van der Waals surface area contributed by atoms with Crippen LogP contribution in [0.25, 0.3) is 0 Å². The van der Waals surface area contributed by atoms with Gasteiger partial charge in [0.1, 0.15) is 0 Å². The van der Waals surface area contributed by atoms with Crippen LogP contribution >= 0.6 is 0 Å². The highest BCUT2D eigenvalue weighted by molar-refractivity contribution is 5.99. The Balaban J connectivity index is 2.04. The zero-order chi connectivity index (χ0) is 13.7. The van der Waals surface area contributed by atoms with E-state index < -0.39 is 11.9 Å². The van der Waals surface area contributed by atoms with Crippen molar-refractivity contribution in [2.75, 3.05) is 26.3 Å². The number of amides is 1. The molecule has 1 saturated heterocycles. The van der Waals surface area contributed by atoms with Crippen LogP contribution in [0, 0.1) is 0 Å². The largest absolute Gasteiger partial charge is 0.379 e. The maximum absolute atomic E-state index is 12.1. The molecule has 1 fully saturated rings. The van der Waals surface area contributed by atoms with Crippen molar-refractivity contribution in [3.05, 3.63) is 35.9 Å². The summed E-state index contributed by atoms with van der Waals surface area (Å²) in [5.74, 6) is -0.512. The molecule has 0 saturated carbocycles. The Kier molecular flexibility index (Phi) is 4.65. The Labute approximate surface area is 112 Å². The minimum Gasteiger partial charge on any atom is -0.379 e. The lowest BCUT2D eigenvalue weighted by atomic mass is 10.0. The first-order valence-electron chi connectivity index (χ1n) is 6.38. The molecule has 0 radical (unpaired) electrons. The number of morpholine rings is 1. The number of hydrogen-bond donors (Lipinski definition) is 1. The molecule has 1 atom stereocenters. The average molecular weight is 262 g/mol. The Morgan fingerprint density at radius 2 is 1.84 bits per heavy atom. The predicted octanol–water partition coefficient (Wildman–Crippen LogP) is 0.445. The summed E-state index contributed by atoms with van der Waals surface area (Å²) in [5.41, 5.74) is 6.03. The highest BCUT2D eigenvalue weighted by Gasteiger charge is 2.28. The second-order valence-electron chi connectivity index (χ2n) is 4.56. The molecule has 19 heavy (non-hydrogen) atoms. The lowest BCUT2D eigenvalue weighted by Crippen LogP contribution is -2.50. The molecule has 5 nitrogen and oxygen atoms in total. The number of nitrogens with zero attached hydrogens (tertiary/aromatic N) is 1. The maximum atomic E-state index is 12.1. The van der Waals surface area contributed by atoms with Crippen molar-refractivity contribution >= 4 is 11.7 Å². The third-order valence-electron chi connectivity index (χ3n) is 3.29. The van der Waals surface area contributed by atoms with Crippen LogP contribution in [-0.4, -0.2) is 48.9 Å². The van der Waals surface area contributed by atoms with E-state index in [0.29, 0.717) is 31.9 Å². The van der Waals surface area contributed by atoms with Gasteiger partial charge in [-0.1, -0.05) is 30.3 Å². The van der Waals surface area contributed by atoms with Gasteiger partial charge in [-0.3, -0.25) is 14.5 Å². The van der Waals surface area contributed by atoms with Crippen LogP contribution in [0.1, 0.15) is 16.8 Å². The molecule has 2 N–H and O–H groups in total. The minimum atomic E-state index is -0.545. The number of carbonyl (C=O) groups excluding carboxylic acids is 2. The fourth-order valence-corrected chi connectivity index (χ4v) is 2.22. The van der Waals surface area contributed by atoms with Crippen LogP contribution in [0.5, 0.6) is 0 Å². The molecule has 1 unspecified atom stereocenters. The van der Waals surface area contributed by atoms with Gasteiger partial charge >= 0.3 is 0 Å². The third-order valence-corrected chi connectivity index (χ3v) is 3.29. The number of hydrogen-bond acceptors (Lipinski definition) is 4. The highest BCUT2D eigenvalue weighted by atomic mass is 16.5. The summed E-state index contributed by atoms with van der Waals surface area (Å²) in [7, 11) is 0. The first-order chi connectivity index (χ1) is 9.18. The standard InChI is InChI=1S/C14H18N2O3/c15-14(18)12(16-6-8-19-9-7-16)10-13(17)11-4-2-1-3-5-11/h1-5,12H,6-10H2,(H2,15,18). The van der Waals surface area contributed by atoms with Crippen LogP contribution in [0.4, 0.5) is 0 Å². The number of Topliss-reactive ketones (excluding diaryl/α,β-unsaturated/α-hetero) is 1. The SMILES string of the molecule is NC(=O)C(CC(=O)c1ccccc1)N1CCOCC1. The van der Waals surface area contributed by atoms with Crippen molar-refractivity contribution in [1.29, 1.82) is 0 Å². The van der Waals surface area contributed by atoms with Gasteiger partial charge in [-0.25, -0.2) is 0 Å². The van der Waals surface area contributed by atoms with Crippen molar-refractivity contribution in [3.8, 4) is 0 Å². The minimum absolute atomic E-state index is 0.0594. The number of rotatable bonds is 5. The van der Waals surface area contributed by atoms with Crippen molar-refractivity contribution in [2.45, 2.75) is 12.5 Å². The molecule has 1 aromatic carbocycles. The van der Waals surface area contributed by atoms with Gasteiger partial charge in [0, 0.05) is 25.1 Å². The van der Waals surface area contributed by atoms with Crippen molar-refractivity contribution < 1.29 is 14.3 Å². The molecule has 1 heterocycles. The Bertz CT molecular complexity index is 441. The van der Waals surface area contributed by atoms with Crippen LogP contribution in [0.2, 0.25) is 0 Å². The van der Waals surface area contributed by atoms with E-state index in [4.69, 9.17) is 10.5 Å². The molecule has 1 aliphatic rings. The Morgan fingerprint density at radius 1 is 1.21 bits per heavy atom. The van der Waals surface area contributed by atoms with E-state index in [1.807, 2.05) is 11.0 Å². The molecule has 0 spiro atoms. The number of carbonyl (C=O) groups is 2. The molecule has 1 aromatic rings. The molecular formula is C14H18N2O3. The molecular weight excluding hydrogens is 244 g/mol. The topological polar surface area (TPSA) is 72.6 Å². The van der Waals surface area contributed by atoms with Crippen molar-refractivity contribution in [2.24, 2.45) is 5.73 Å². The van der Waals surface area contributed by atoms with Crippen LogP contribution in [0.15, 0.2) is 30.3 Å². The number of benzene rings is 1. The summed E-state index contributed by atoms with van der Waals surface area (Å²) in [6.45, 7) is 2.41. The second-order valence-corrected chi connectivity index (χ2v) is 4.56. The molecule has 0 aromatic heterocycles. The van der Waals surface area contributed by atoms with Gasteiger partial charge < -0.3 is 10.5 Å². The van der Waals surface area contributed by atoms with E-state index in [9.17, 15) is 9.59 Å². The van der Waals surface area contributed by atoms with E-state index in [1.54, 1.807) is 24.3 Å². The van der Waals surface area contributed by atoms with Crippen LogP contribution in [0.3, 0.4) is 0 Å². The fraction of sp³-hybridized carbons (Fsp3) is 0.429. The predicted molar refractivity (Wildman–Crippen MR) is 70.8 cm³/mol. The smallest absolute Gasteiger partial charge is 0.235 e. The molecule has 5 heteroatoms. The molecule has 1 amide bonds. The number of nitrogens with two attached hydrogens (primary N) is 1. The highest BCUT2D eigenvalue weighted by Crippen LogP contribution is 2.12. The maximum Gasteiger partial charge on any atom is 0.235 e. The Morgan fingerprint density at radius 3 is 2.42 bits per heavy atom. The molecule has 2 rings (SSSR count). The molecule has 102 valence electrons. The average Bonchev–Trinajstić information content (AvgIpc) is 2.46. The van der Waals surface area contributed by atoms with Crippen molar-refractivity contribution in [1.82, 2.24) is 4.90 Å². The zero-order valence-electron chi connectivity index (χ0n) is 10.7. The summed E-state index contributed by atoms with van der Waals surface area (Å²) >= 11 is 0. The first-order valence-corrected chi connectivity index (χ1v) is 6.38. The molecule has 0 bridgehead atoms. The van der Waals surface area contributed by atoms with E-state index in [0.717, 1.165) is 0 Å². The van der Waals surface area contributed by atoms with E-state index >= 15 is 0 Å². The monoisotopic (exact) mass is 262 g/mol. The fourth-order valence-electron chi connectivity index (χ4n) is 2.22. The van der Waals surface area contributed by atoms with Gasteiger partial charge in [0.05, 0.1) is 19.3 Å². The van der Waals surface area contributed by atoms with E-state index in [1.165, 1.54) is 0 Å². The third kappa shape index (κ3) is 3.62. The van der Waals surface area contributed by atoms with E-state index in [-0.39, 0.29) is 12.2 Å². The van der Waals surface area contributed by atoms with Gasteiger partial charge in [-0.05, 0) is 0 Å². The normalized spacial score (nSPS) is 17.9. The van der Waals surface area contributed by atoms with Gasteiger partial charge in [0.15, 0.2) is 5.78 Å². The summed E-state index contributed by atoms with van der Waals surface area (Å²) in [6.07, 6.45) is 0.124. The first kappa shape index (κ1) is 13.7. The number of ether oxygens (including phenoxy) is 1. The van der Waals surface area contributed by atoms with Crippen molar-refractivity contribution in [3.63, 3.8) is 0 Å². The Hall–Kier alpha value is -1.72. The van der Waals surface area contributed by atoms with Gasteiger partial charge in [0.25, 0.3) is 0 Å². The molecule has 1 aliphatic heterocycles. The second kappa shape index (κ2) is 6.45. The summed E-state index contributed by atoms with van der Waals surface area (Å²) in [6, 6.07) is 8.42. The van der Waals surface area contributed by atoms with Gasteiger partial charge in [-0.15, -0.1) is 0 Å². The van der Waals surface area contributed by atoms with Gasteiger partial charge in [-0.2, -0.15) is 0 Å².